The van der Waals surface area contributed by atoms with Crippen molar-refractivity contribution >= 4 is 0 Å². The molecule has 5 nitrogen and oxygen atoms in total. The molecule has 0 radical (unpaired) electrons. The number of benzene rings is 1. The highest BCUT2D eigenvalue weighted by Crippen LogP contribution is 2.46. The van der Waals surface area contributed by atoms with Crippen LogP contribution in [0.15, 0.2) is 41.8 Å². The molecule has 0 amide bonds. The van der Waals surface area contributed by atoms with Crippen LogP contribution in [0.2, 0.25) is 0 Å². The molecule has 1 aliphatic heterocycles. The molecule has 0 unspecified atom stereocenters. The fraction of sp³-hybridized carbons (Fsp3) is 0.333. The van der Waals surface area contributed by atoms with Gasteiger partial charge in [-0.15, -0.1) is 5.10 Å². The predicted octanol–water partition coefficient (Wildman–Crippen LogP) is 3.68. The molecule has 0 fully saturated rings. The number of rotatable bonds is 4. The summed E-state index contributed by atoms with van der Waals surface area (Å²) < 4.78 is 5.59. The van der Waals surface area contributed by atoms with Crippen LogP contribution < -0.4 is 10.5 Å². The second-order valence-corrected chi connectivity index (χ2v) is 5.92. The number of allylic oxidation sites excluding steroid dienone is 1. The van der Waals surface area contributed by atoms with Crippen molar-refractivity contribution in [2.45, 2.75) is 32.6 Å². The van der Waals surface area contributed by atoms with Gasteiger partial charge < -0.3 is 10.5 Å². The number of hydrogen-bond donors (Lipinski definition) is 2. The van der Waals surface area contributed by atoms with Crippen molar-refractivity contribution in [3.8, 4) is 23.2 Å². The highest BCUT2D eigenvalue weighted by Gasteiger charge is 2.37. The van der Waals surface area contributed by atoms with Gasteiger partial charge in [0.2, 0.25) is 11.8 Å². The molecule has 0 spiro atoms. The smallest absolute Gasteiger partial charge is 0.244 e. The SMILES string of the molecule is CCC[C@@H](C)[C@H]1C(C#N)=C(N)Oc2n[nH]c(-c3ccccc3)c21. The lowest BCUT2D eigenvalue weighted by molar-refractivity contribution is 0.349. The van der Waals surface area contributed by atoms with E-state index in [4.69, 9.17) is 10.5 Å². The van der Waals surface area contributed by atoms with Crippen LogP contribution >= 0.6 is 0 Å². The maximum Gasteiger partial charge on any atom is 0.244 e. The standard InChI is InChI=1S/C18H20N4O/c1-3-7-11(2)14-13(10-19)17(20)23-18-15(14)16(21-22-18)12-8-5-4-6-9-12/h4-6,8-9,11,14H,3,7,20H2,1-2H3,(H,21,22)/t11-,14+/m1/s1. The number of nitrogens with one attached hydrogen (secondary N) is 1. The van der Waals surface area contributed by atoms with E-state index in [1.165, 1.54) is 0 Å². The Morgan fingerprint density at radius 2 is 2.13 bits per heavy atom. The van der Waals surface area contributed by atoms with Crippen molar-refractivity contribution < 1.29 is 4.74 Å². The number of aromatic nitrogens is 2. The lowest BCUT2D eigenvalue weighted by atomic mass is 9.78. The highest BCUT2D eigenvalue weighted by molar-refractivity contribution is 5.69. The summed E-state index contributed by atoms with van der Waals surface area (Å²) in [6, 6.07) is 12.2. The molecule has 1 aromatic heterocycles. The van der Waals surface area contributed by atoms with E-state index in [1.807, 2.05) is 30.3 Å². The Morgan fingerprint density at radius 1 is 1.39 bits per heavy atom. The molecule has 2 aromatic rings. The number of ether oxygens (including phenoxy) is 1. The van der Waals surface area contributed by atoms with Crippen molar-refractivity contribution in [3.05, 3.63) is 47.4 Å². The van der Waals surface area contributed by atoms with Crippen LogP contribution in [0, 0.1) is 17.2 Å². The Hall–Kier alpha value is -2.74. The molecule has 2 atom stereocenters. The second kappa shape index (κ2) is 6.17. The van der Waals surface area contributed by atoms with E-state index in [1.54, 1.807) is 0 Å². The molecule has 118 valence electrons. The number of nitrogens with two attached hydrogens (primary N) is 1. The summed E-state index contributed by atoms with van der Waals surface area (Å²) in [4.78, 5) is 0. The first-order valence-electron chi connectivity index (χ1n) is 7.88. The molecule has 1 aromatic carbocycles. The van der Waals surface area contributed by atoms with E-state index in [0.29, 0.717) is 11.5 Å². The van der Waals surface area contributed by atoms with E-state index in [9.17, 15) is 5.26 Å². The van der Waals surface area contributed by atoms with E-state index in [2.05, 4.69) is 30.1 Å². The molecule has 3 N–H and O–H groups in total. The number of H-pyrrole nitrogens is 1. The zero-order valence-electron chi connectivity index (χ0n) is 13.3. The van der Waals surface area contributed by atoms with Gasteiger partial charge >= 0.3 is 0 Å². The normalized spacial score (nSPS) is 18.0. The van der Waals surface area contributed by atoms with Gasteiger partial charge in [-0.05, 0) is 11.5 Å². The van der Waals surface area contributed by atoms with Crippen LogP contribution in [-0.4, -0.2) is 10.2 Å². The molecule has 5 heteroatoms. The lowest BCUT2D eigenvalue weighted by Gasteiger charge is -2.28. The third-order valence-corrected chi connectivity index (χ3v) is 4.36. The Labute approximate surface area is 135 Å². The summed E-state index contributed by atoms with van der Waals surface area (Å²) in [5, 5.41) is 16.9. The van der Waals surface area contributed by atoms with Gasteiger partial charge in [-0.3, -0.25) is 5.10 Å². The van der Waals surface area contributed by atoms with E-state index < -0.39 is 0 Å². The summed E-state index contributed by atoms with van der Waals surface area (Å²) in [6.07, 6.45) is 2.05. The Morgan fingerprint density at radius 3 is 2.78 bits per heavy atom. The fourth-order valence-electron chi connectivity index (χ4n) is 3.30. The quantitative estimate of drug-likeness (QED) is 0.901. The topological polar surface area (TPSA) is 87.7 Å². The maximum absolute atomic E-state index is 9.58. The Kier molecular flexibility index (Phi) is 4.07. The van der Waals surface area contributed by atoms with E-state index >= 15 is 0 Å². The van der Waals surface area contributed by atoms with Crippen molar-refractivity contribution in [1.82, 2.24) is 10.2 Å². The van der Waals surface area contributed by atoms with Gasteiger partial charge in [0.15, 0.2) is 0 Å². The zero-order chi connectivity index (χ0) is 16.4. The first-order chi connectivity index (χ1) is 11.2. The predicted molar refractivity (Wildman–Crippen MR) is 88.3 cm³/mol. The van der Waals surface area contributed by atoms with Gasteiger partial charge in [-0.2, -0.15) is 5.26 Å². The average Bonchev–Trinajstić information content (AvgIpc) is 2.97. The van der Waals surface area contributed by atoms with Gasteiger partial charge in [0.1, 0.15) is 6.07 Å². The van der Waals surface area contributed by atoms with Gasteiger partial charge in [-0.25, -0.2) is 0 Å². The number of aromatic amines is 1. The minimum atomic E-state index is -0.0994. The van der Waals surface area contributed by atoms with Crippen LogP contribution in [0.5, 0.6) is 5.88 Å². The van der Waals surface area contributed by atoms with E-state index in [-0.39, 0.29) is 17.7 Å². The number of hydrogen-bond acceptors (Lipinski definition) is 4. The van der Waals surface area contributed by atoms with Crippen molar-refractivity contribution in [1.29, 1.82) is 5.26 Å². The van der Waals surface area contributed by atoms with Crippen molar-refractivity contribution in [2.75, 3.05) is 0 Å². The summed E-state index contributed by atoms with van der Waals surface area (Å²) in [5.74, 6) is 0.820. The molecule has 0 bridgehead atoms. The van der Waals surface area contributed by atoms with Crippen LogP contribution in [0.4, 0.5) is 0 Å². The summed E-state index contributed by atoms with van der Waals surface area (Å²) in [5.41, 5.74) is 9.31. The summed E-state index contributed by atoms with van der Waals surface area (Å²) in [7, 11) is 0. The minimum Gasteiger partial charge on any atom is -0.420 e. The van der Waals surface area contributed by atoms with Crippen LogP contribution in [0.3, 0.4) is 0 Å². The third kappa shape index (κ3) is 2.57. The number of fused-ring (bicyclic) bond motifs is 1. The molecular weight excluding hydrogens is 288 g/mol. The van der Waals surface area contributed by atoms with Crippen LogP contribution in [-0.2, 0) is 0 Å². The van der Waals surface area contributed by atoms with Crippen molar-refractivity contribution in [3.63, 3.8) is 0 Å². The molecule has 0 saturated carbocycles. The van der Waals surface area contributed by atoms with Crippen LogP contribution in [0.1, 0.15) is 38.2 Å². The molecule has 3 rings (SSSR count). The van der Waals surface area contributed by atoms with Gasteiger partial charge in [-0.1, -0.05) is 57.0 Å². The first kappa shape index (κ1) is 15.2. The molecular formula is C18H20N4O. The minimum absolute atomic E-state index is 0.0994. The lowest BCUT2D eigenvalue weighted by Crippen LogP contribution is -2.24. The molecule has 0 aliphatic carbocycles. The van der Waals surface area contributed by atoms with Gasteiger partial charge in [0, 0.05) is 5.92 Å². The monoisotopic (exact) mass is 308 g/mol. The second-order valence-electron chi connectivity index (χ2n) is 5.92. The summed E-state index contributed by atoms with van der Waals surface area (Å²) in [6.45, 7) is 4.29. The number of nitriles is 1. The average molecular weight is 308 g/mol. The van der Waals surface area contributed by atoms with E-state index in [0.717, 1.165) is 29.7 Å². The molecule has 0 saturated heterocycles. The third-order valence-electron chi connectivity index (χ3n) is 4.36. The first-order valence-corrected chi connectivity index (χ1v) is 7.88. The molecule has 2 heterocycles. The maximum atomic E-state index is 9.58. The van der Waals surface area contributed by atoms with Crippen molar-refractivity contribution in [2.24, 2.45) is 11.7 Å². The van der Waals surface area contributed by atoms with Crippen LogP contribution in [0.25, 0.3) is 11.3 Å². The fourth-order valence-corrected chi connectivity index (χ4v) is 3.30. The van der Waals surface area contributed by atoms with Gasteiger partial charge in [0.05, 0.1) is 16.8 Å². The molecule has 1 aliphatic rings. The largest absolute Gasteiger partial charge is 0.420 e. The Bertz CT molecular complexity index is 770. The highest BCUT2D eigenvalue weighted by atomic mass is 16.5. The van der Waals surface area contributed by atoms with Gasteiger partial charge in [0.25, 0.3) is 0 Å². The Balaban J connectivity index is 2.16. The molecule has 23 heavy (non-hydrogen) atoms. The summed E-state index contributed by atoms with van der Waals surface area (Å²) >= 11 is 0. The number of nitrogens with zero attached hydrogens (tertiary/aromatic N) is 2. The zero-order valence-corrected chi connectivity index (χ0v) is 13.3.